The van der Waals surface area contributed by atoms with E-state index >= 15 is 0 Å². The van der Waals surface area contributed by atoms with Gasteiger partial charge in [0.05, 0.1) is 13.2 Å². The number of hydrogen-bond donors (Lipinski definition) is 10. The molecule has 56 heavy (non-hydrogen) atoms. The molecule has 2 saturated heterocycles. The molecule has 0 bridgehead atoms. The SMILES string of the molecule is CC(S)C(O)[C@]1(S)O[C@H](COS(=O)(=O)O)[C@@H](O[C@@H]2O[C@H](COS(=O)(=O)O)[C@@H](OS(=O)(=O)O)[C@H](OS(=O)(=O)O)[C@H]2OS(=O)(=O)O)[C@H](OS(=O)(=O)O)[C@H]1OS(=O)(=O)O. The first-order valence-electron chi connectivity index (χ1n) is 13.3. The Labute approximate surface area is 327 Å². The van der Waals surface area contributed by atoms with Crippen LogP contribution in [0.15, 0.2) is 0 Å². The normalized spacial score (nSPS) is 32.8. The lowest BCUT2D eigenvalue weighted by Gasteiger charge is -2.52. The molecule has 0 spiro atoms. The van der Waals surface area contributed by atoms with E-state index in [9.17, 15) is 91.3 Å². The van der Waals surface area contributed by atoms with Gasteiger partial charge in [0, 0.05) is 5.25 Å². The van der Waals surface area contributed by atoms with Gasteiger partial charge in [-0.3, -0.25) is 31.9 Å². The summed E-state index contributed by atoms with van der Waals surface area (Å²) >= 11 is 7.77. The third-order valence-corrected chi connectivity index (χ3v) is 10.5. The van der Waals surface area contributed by atoms with Gasteiger partial charge in [-0.1, -0.05) is 6.92 Å². The molecule has 2 fully saturated rings. The van der Waals surface area contributed by atoms with Gasteiger partial charge in [-0.15, -0.1) is 12.6 Å². The van der Waals surface area contributed by atoms with Crippen LogP contribution in [-0.2, 0) is 116 Å². The van der Waals surface area contributed by atoms with Crippen molar-refractivity contribution in [2.75, 3.05) is 13.2 Å². The van der Waals surface area contributed by atoms with Crippen LogP contribution in [0.1, 0.15) is 6.92 Å². The summed E-state index contributed by atoms with van der Waals surface area (Å²) in [5.74, 6) is 0. The zero-order valence-electron chi connectivity index (χ0n) is 26.4. The van der Waals surface area contributed by atoms with Gasteiger partial charge in [-0.05, 0) is 0 Å². The highest BCUT2D eigenvalue weighted by atomic mass is 32.3. The maximum absolute atomic E-state index is 12.1. The van der Waals surface area contributed by atoms with Crippen LogP contribution >= 0.6 is 25.3 Å². The van der Waals surface area contributed by atoms with E-state index in [0.717, 1.165) is 6.92 Å². The van der Waals surface area contributed by atoms with E-state index in [-0.39, 0.29) is 0 Å². The first-order valence-corrected chi connectivity index (χ1v) is 23.8. The van der Waals surface area contributed by atoms with Crippen molar-refractivity contribution in [3.63, 3.8) is 0 Å². The van der Waals surface area contributed by atoms with E-state index < -0.39 is 157 Å². The van der Waals surface area contributed by atoms with Crippen molar-refractivity contribution in [1.29, 1.82) is 0 Å². The van der Waals surface area contributed by atoms with E-state index in [1.807, 2.05) is 0 Å². The summed E-state index contributed by atoms with van der Waals surface area (Å²) in [5, 5.41) is 9.38. The maximum atomic E-state index is 12.1. The Morgan fingerprint density at radius 2 is 0.929 bits per heavy atom. The second kappa shape index (κ2) is 18.3. The minimum atomic E-state index is -6.14. The molecular formula is C15H28O32S9. The number of ether oxygens (including phenoxy) is 3. The van der Waals surface area contributed by atoms with Gasteiger partial charge in [0.1, 0.15) is 42.7 Å². The number of aliphatic hydroxyl groups is 1. The lowest BCUT2D eigenvalue weighted by molar-refractivity contribution is -0.336. The Kier molecular flexibility index (Phi) is 16.9. The van der Waals surface area contributed by atoms with Crippen molar-refractivity contribution in [3.8, 4) is 0 Å². The van der Waals surface area contributed by atoms with Crippen molar-refractivity contribution < 1.29 is 139 Å². The van der Waals surface area contributed by atoms with Gasteiger partial charge in [0.2, 0.25) is 0 Å². The number of aliphatic hydroxyl groups excluding tert-OH is 1. The van der Waals surface area contributed by atoms with E-state index in [2.05, 4.69) is 54.5 Å². The highest BCUT2D eigenvalue weighted by Gasteiger charge is 2.63. The lowest BCUT2D eigenvalue weighted by Crippen LogP contribution is -2.71. The molecule has 0 aliphatic carbocycles. The molecule has 0 aromatic carbocycles. The average molecular weight is 1010 g/mol. The monoisotopic (exact) mass is 1010 g/mol. The minimum Gasteiger partial charge on any atom is -0.388 e. The smallest absolute Gasteiger partial charge is 0.388 e. The summed E-state index contributed by atoms with van der Waals surface area (Å²) in [5.41, 5.74) is 0. The molecule has 0 radical (unpaired) electrons. The van der Waals surface area contributed by atoms with E-state index in [1.54, 1.807) is 0 Å². The van der Waals surface area contributed by atoms with Gasteiger partial charge in [0.15, 0.2) is 23.4 Å². The number of thiol groups is 2. The molecule has 2 aliphatic heterocycles. The standard InChI is InChI=1S/C15H28O32S9/c1-4(48)12(16)15(49)13(47-56(35,36)37)10(45-54(29,30)31)7(6(42-15)3-39-51(20,21)22)41-14-11(46-55(32,33)34)9(44-53(26,27)28)8(43-52(23,24)25)5(40-14)2-38-50(17,18)19/h4-14,16,48-49H,2-3H2,1H3,(H,17,18,19)(H,20,21,22)(H,23,24,25)(H,26,27,28)(H,29,30,31)(H,32,33,34)(H,35,36,37)/t4?,5-,6-,7-,8-,9+,10+,11-,12?,13-,14+,15-/m1/s1. The van der Waals surface area contributed by atoms with Crippen molar-refractivity contribution in [1.82, 2.24) is 0 Å². The molecule has 2 aliphatic rings. The minimum absolute atomic E-state index is 1.01. The quantitative estimate of drug-likeness (QED) is 0.0401. The van der Waals surface area contributed by atoms with Crippen LogP contribution in [0.2, 0.25) is 0 Å². The molecule has 334 valence electrons. The van der Waals surface area contributed by atoms with Gasteiger partial charge in [0.25, 0.3) is 0 Å². The molecule has 41 heteroatoms. The number of hydrogen-bond acceptors (Lipinski definition) is 27. The number of rotatable bonds is 20. The Morgan fingerprint density at radius 1 is 0.554 bits per heavy atom. The van der Waals surface area contributed by atoms with Crippen LogP contribution in [0, 0.1) is 0 Å². The van der Waals surface area contributed by atoms with Crippen LogP contribution in [-0.4, -0.2) is 181 Å². The second-order valence-electron chi connectivity index (χ2n) is 10.6. The predicted octanol–water partition coefficient (Wildman–Crippen LogP) is -5.62. The third kappa shape index (κ3) is 16.9. The Balaban J connectivity index is 3.07. The molecule has 2 rings (SSSR count). The summed E-state index contributed by atoms with van der Waals surface area (Å²) in [6, 6.07) is 0. The second-order valence-corrected chi connectivity index (χ2v) is 19.5. The van der Waals surface area contributed by atoms with Crippen LogP contribution in [0.3, 0.4) is 0 Å². The molecule has 0 aromatic rings. The summed E-state index contributed by atoms with van der Waals surface area (Å²) in [6.45, 7) is -2.65. The van der Waals surface area contributed by atoms with Crippen LogP contribution in [0.5, 0.6) is 0 Å². The topological polar surface area (TPSA) is 493 Å². The summed E-state index contributed by atoms with van der Waals surface area (Å²) in [6.07, 6.45) is -30.1. The molecule has 32 nitrogen and oxygen atoms in total. The maximum Gasteiger partial charge on any atom is 0.397 e. The van der Waals surface area contributed by atoms with Crippen molar-refractivity contribution in [2.45, 2.75) is 78.3 Å². The Bertz CT molecular complexity index is 2170. The summed E-state index contributed by atoms with van der Waals surface area (Å²) in [4.78, 5) is -3.23. The van der Waals surface area contributed by atoms with Crippen LogP contribution < -0.4 is 0 Å². The fourth-order valence-corrected chi connectivity index (χ4v) is 8.79. The molecule has 12 atom stereocenters. The van der Waals surface area contributed by atoms with Crippen LogP contribution in [0.25, 0.3) is 0 Å². The van der Waals surface area contributed by atoms with Crippen molar-refractivity contribution in [2.24, 2.45) is 0 Å². The van der Waals surface area contributed by atoms with Crippen LogP contribution in [0.4, 0.5) is 0 Å². The van der Waals surface area contributed by atoms with Gasteiger partial charge >= 0.3 is 72.8 Å². The van der Waals surface area contributed by atoms with Gasteiger partial charge in [-0.2, -0.15) is 71.6 Å². The molecular weight excluding hydrogens is 981 g/mol. The molecule has 2 unspecified atom stereocenters. The first-order chi connectivity index (χ1) is 24.7. The molecule has 8 N–H and O–H groups in total. The molecule has 2 heterocycles. The fraction of sp³-hybridized carbons (Fsp3) is 1.00. The van der Waals surface area contributed by atoms with Gasteiger partial charge in [-0.25, -0.2) is 29.3 Å². The van der Waals surface area contributed by atoms with Crippen molar-refractivity contribution >= 4 is 98.1 Å². The first kappa shape index (κ1) is 51.8. The van der Waals surface area contributed by atoms with E-state index in [4.69, 9.17) is 18.8 Å². The van der Waals surface area contributed by atoms with Crippen molar-refractivity contribution in [3.05, 3.63) is 0 Å². The van der Waals surface area contributed by atoms with E-state index in [0.29, 0.717) is 0 Å². The zero-order valence-corrected chi connectivity index (χ0v) is 33.9. The predicted molar refractivity (Wildman–Crippen MR) is 172 cm³/mol. The molecule has 0 aromatic heterocycles. The Morgan fingerprint density at radius 3 is 1.32 bits per heavy atom. The average Bonchev–Trinajstić information content (AvgIpc) is 2.92. The molecule has 0 saturated carbocycles. The van der Waals surface area contributed by atoms with E-state index in [1.165, 1.54) is 0 Å². The largest absolute Gasteiger partial charge is 0.397 e. The molecule has 0 amide bonds. The third-order valence-electron chi connectivity index (χ3n) is 6.42. The summed E-state index contributed by atoms with van der Waals surface area (Å²) < 4.78 is 275. The lowest BCUT2D eigenvalue weighted by atomic mass is 9.90. The fourth-order valence-electron chi connectivity index (χ4n) is 4.71. The Hall–Kier alpha value is -0.370. The zero-order chi connectivity index (χ0) is 43.8. The summed E-state index contributed by atoms with van der Waals surface area (Å²) in [7, 11) is -41.7. The van der Waals surface area contributed by atoms with Gasteiger partial charge < -0.3 is 19.3 Å². The highest BCUT2D eigenvalue weighted by Crippen LogP contribution is 2.44. The highest BCUT2D eigenvalue weighted by molar-refractivity contribution is 7.83.